The number of hydrogen-bond acceptors (Lipinski definition) is 3. The van der Waals surface area contributed by atoms with Crippen LogP contribution in [0.4, 0.5) is 0 Å². The van der Waals surface area contributed by atoms with Crippen LogP contribution in [0.2, 0.25) is 0 Å². The number of aryl methyl sites for hydroxylation is 2. The van der Waals surface area contributed by atoms with Crippen LogP contribution in [0.25, 0.3) is 0 Å². The molecule has 0 aromatic carbocycles. The number of thiophene rings is 1. The lowest BCUT2D eigenvalue weighted by Gasteiger charge is -1.96. The molecule has 4 heteroatoms. The molecule has 78 valence electrons. The van der Waals surface area contributed by atoms with Gasteiger partial charge in [0.25, 0.3) is 0 Å². The Bertz CT molecular complexity index is 510. The SMILES string of the molecule is Cc1cc(C(=O)c2cscc2Br)c(C)o1. The first-order valence-corrected chi connectivity index (χ1v) is 6.16. The molecule has 15 heavy (non-hydrogen) atoms. The molecule has 0 spiro atoms. The lowest BCUT2D eigenvalue weighted by molar-refractivity contribution is 0.103. The molecule has 2 aromatic rings. The third-order valence-electron chi connectivity index (χ3n) is 2.14. The van der Waals surface area contributed by atoms with Gasteiger partial charge in [0.1, 0.15) is 11.5 Å². The Morgan fingerprint density at radius 2 is 2.07 bits per heavy atom. The molecular weight excluding hydrogens is 276 g/mol. The summed E-state index contributed by atoms with van der Waals surface area (Å²) in [5, 5.41) is 3.74. The summed E-state index contributed by atoms with van der Waals surface area (Å²) in [6.07, 6.45) is 0. The van der Waals surface area contributed by atoms with Crippen molar-refractivity contribution in [2.45, 2.75) is 13.8 Å². The largest absolute Gasteiger partial charge is 0.466 e. The van der Waals surface area contributed by atoms with E-state index >= 15 is 0 Å². The van der Waals surface area contributed by atoms with Crippen LogP contribution in [0.5, 0.6) is 0 Å². The van der Waals surface area contributed by atoms with E-state index in [9.17, 15) is 4.79 Å². The van der Waals surface area contributed by atoms with Crippen molar-refractivity contribution in [2.75, 3.05) is 0 Å². The molecule has 0 N–H and O–H groups in total. The summed E-state index contributed by atoms with van der Waals surface area (Å²) < 4.78 is 6.18. The highest BCUT2D eigenvalue weighted by Gasteiger charge is 2.18. The van der Waals surface area contributed by atoms with Crippen LogP contribution < -0.4 is 0 Å². The highest BCUT2D eigenvalue weighted by Crippen LogP contribution is 2.26. The maximum Gasteiger partial charge on any atom is 0.198 e. The molecular formula is C11H9BrO2S. The van der Waals surface area contributed by atoms with E-state index in [1.54, 1.807) is 13.0 Å². The number of hydrogen-bond donors (Lipinski definition) is 0. The molecule has 2 heterocycles. The zero-order valence-corrected chi connectivity index (χ0v) is 10.7. The van der Waals surface area contributed by atoms with E-state index in [0.29, 0.717) is 16.9 Å². The Morgan fingerprint density at radius 3 is 2.53 bits per heavy atom. The second-order valence-corrected chi connectivity index (χ2v) is 4.89. The zero-order valence-electron chi connectivity index (χ0n) is 8.33. The molecule has 0 aliphatic rings. The van der Waals surface area contributed by atoms with Crippen molar-refractivity contribution in [3.05, 3.63) is 43.9 Å². The minimum atomic E-state index is 0.0116. The zero-order chi connectivity index (χ0) is 11.0. The van der Waals surface area contributed by atoms with Gasteiger partial charge < -0.3 is 4.42 Å². The second-order valence-electron chi connectivity index (χ2n) is 3.29. The molecule has 2 aromatic heterocycles. The van der Waals surface area contributed by atoms with Crippen LogP contribution in [0.1, 0.15) is 27.4 Å². The Hall–Kier alpha value is -0.870. The third kappa shape index (κ3) is 1.92. The Labute approximate surface area is 100 Å². The van der Waals surface area contributed by atoms with Gasteiger partial charge in [-0.15, -0.1) is 0 Å². The maximum atomic E-state index is 12.1. The van der Waals surface area contributed by atoms with E-state index in [0.717, 1.165) is 10.2 Å². The number of halogens is 1. The monoisotopic (exact) mass is 284 g/mol. The summed E-state index contributed by atoms with van der Waals surface area (Å²) in [6.45, 7) is 3.65. The van der Waals surface area contributed by atoms with Crippen LogP contribution >= 0.6 is 27.3 Å². The van der Waals surface area contributed by atoms with Gasteiger partial charge in [-0.2, -0.15) is 11.3 Å². The molecule has 0 atom stereocenters. The van der Waals surface area contributed by atoms with Crippen molar-refractivity contribution >= 4 is 33.0 Å². The molecule has 0 aliphatic heterocycles. The van der Waals surface area contributed by atoms with Crippen molar-refractivity contribution in [1.29, 1.82) is 0 Å². The van der Waals surface area contributed by atoms with E-state index in [2.05, 4.69) is 15.9 Å². The summed E-state index contributed by atoms with van der Waals surface area (Å²) in [5.41, 5.74) is 1.34. The molecule has 0 aliphatic carbocycles. The lowest BCUT2D eigenvalue weighted by Crippen LogP contribution is -2.00. The highest BCUT2D eigenvalue weighted by atomic mass is 79.9. The Morgan fingerprint density at radius 1 is 1.33 bits per heavy atom. The van der Waals surface area contributed by atoms with E-state index in [-0.39, 0.29) is 5.78 Å². The topological polar surface area (TPSA) is 30.2 Å². The fourth-order valence-corrected chi connectivity index (χ4v) is 2.90. The minimum absolute atomic E-state index is 0.0116. The number of ketones is 1. The lowest BCUT2D eigenvalue weighted by atomic mass is 10.1. The summed E-state index contributed by atoms with van der Waals surface area (Å²) in [7, 11) is 0. The second kappa shape index (κ2) is 3.94. The Balaban J connectivity index is 2.45. The molecule has 0 bridgehead atoms. The smallest absolute Gasteiger partial charge is 0.198 e. The predicted molar refractivity (Wildman–Crippen MR) is 63.6 cm³/mol. The van der Waals surface area contributed by atoms with E-state index in [4.69, 9.17) is 4.42 Å². The number of rotatable bonds is 2. The Kier molecular flexibility index (Phi) is 2.80. The predicted octanol–water partition coefficient (Wildman–Crippen LogP) is 3.95. The van der Waals surface area contributed by atoms with Crippen LogP contribution in [0.3, 0.4) is 0 Å². The molecule has 0 unspecified atom stereocenters. The van der Waals surface area contributed by atoms with Crippen molar-refractivity contribution in [1.82, 2.24) is 0 Å². The van der Waals surface area contributed by atoms with Crippen LogP contribution in [0, 0.1) is 13.8 Å². The van der Waals surface area contributed by atoms with E-state index in [1.807, 2.05) is 17.7 Å². The van der Waals surface area contributed by atoms with Gasteiger partial charge in [0, 0.05) is 20.8 Å². The van der Waals surface area contributed by atoms with Gasteiger partial charge in [0.15, 0.2) is 5.78 Å². The van der Waals surface area contributed by atoms with Crippen LogP contribution in [0.15, 0.2) is 25.7 Å². The first-order valence-electron chi connectivity index (χ1n) is 4.43. The highest BCUT2D eigenvalue weighted by molar-refractivity contribution is 9.10. The standard InChI is InChI=1S/C11H9BrO2S/c1-6-3-8(7(2)14-6)11(13)9-4-15-5-10(9)12/h3-5H,1-2H3. The molecule has 0 fully saturated rings. The number of furan rings is 1. The first-order chi connectivity index (χ1) is 7.09. The molecule has 0 amide bonds. The quantitative estimate of drug-likeness (QED) is 0.782. The fraction of sp³-hybridized carbons (Fsp3) is 0.182. The van der Waals surface area contributed by atoms with Gasteiger partial charge in [0.2, 0.25) is 0 Å². The summed E-state index contributed by atoms with van der Waals surface area (Å²) >= 11 is 4.86. The summed E-state index contributed by atoms with van der Waals surface area (Å²) in [4.78, 5) is 12.1. The van der Waals surface area contributed by atoms with Gasteiger partial charge in [-0.25, -0.2) is 0 Å². The van der Waals surface area contributed by atoms with Crippen molar-refractivity contribution in [3.63, 3.8) is 0 Å². The fourth-order valence-electron chi connectivity index (χ4n) is 1.44. The summed E-state index contributed by atoms with van der Waals surface area (Å²) in [6, 6.07) is 1.78. The number of carbonyl (C=O) groups is 1. The van der Waals surface area contributed by atoms with Gasteiger partial charge in [-0.05, 0) is 35.8 Å². The van der Waals surface area contributed by atoms with Gasteiger partial charge in [-0.3, -0.25) is 4.79 Å². The summed E-state index contributed by atoms with van der Waals surface area (Å²) in [5.74, 6) is 1.45. The molecule has 0 saturated carbocycles. The van der Waals surface area contributed by atoms with Crippen LogP contribution in [-0.4, -0.2) is 5.78 Å². The molecule has 0 saturated heterocycles. The third-order valence-corrected chi connectivity index (χ3v) is 3.85. The molecule has 2 rings (SSSR count). The average molecular weight is 285 g/mol. The maximum absolute atomic E-state index is 12.1. The average Bonchev–Trinajstić information content (AvgIpc) is 2.71. The van der Waals surface area contributed by atoms with Crippen molar-refractivity contribution in [2.24, 2.45) is 0 Å². The number of carbonyl (C=O) groups excluding carboxylic acids is 1. The first kappa shape index (κ1) is 10.6. The molecule has 2 nitrogen and oxygen atoms in total. The van der Waals surface area contributed by atoms with Gasteiger partial charge >= 0.3 is 0 Å². The van der Waals surface area contributed by atoms with E-state index < -0.39 is 0 Å². The molecule has 0 radical (unpaired) electrons. The van der Waals surface area contributed by atoms with Gasteiger partial charge in [0.05, 0.1) is 5.56 Å². The van der Waals surface area contributed by atoms with E-state index in [1.165, 1.54) is 11.3 Å². The van der Waals surface area contributed by atoms with Crippen molar-refractivity contribution < 1.29 is 9.21 Å². The van der Waals surface area contributed by atoms with Crippen LogP contribution in [-0.2, 0) is 0 Å². The normalized spacial score (nSPS) is 10.6. The van der Waals surface area contributed by atoms with Crippen molar-refractivity contribution in [3.8, 4) is 0 Å². The minimum Gasteiger partial charge on any atom is -0.466 e. The van der Waals surface area contributed by atoms with Gasteiger partial charge in [-0.1, -0.05) is 0 Å².